The molecule has 0 amide bonds. The summed E-state index contributed by atoms with van der Waals surface area (Å²) >= 11 is 0. The zero-order chi connectivity index (χ0) is 23.9. The van der Waals surface area contributed by atoms with Gasteiger partial charge in [-0.2, -0.15) is 0 Å². The molecule has 1 N–H and O–H groups in total. The van der Waals surface area contributed by atoms with Crippen LogP contribution in [0.1, 0.15) is 68.1 Å². The first-order chi connectivity index (χ1) is 16.4. The lowest BCUT2D eigenvalue weighted by Gasteiger charge is -2.48. The van der Waals surface area contributed by atoms with Crippen molar-refractivity contribution in [3.63, 3.8) is 0 Å². The van der Waals surface area contributed by atoms with Gasteiger partial charge in [-0.3, -0.25) is 14.4 Å². The second kappa shape index (κ2) is 9.01. The smallest absolute Gasteiger partial charge is 0.303 e. The van der Waals surface area contributed by atoms with Crippen LogP contribution in [-0.4, -0.2) is 22.6 Å². The zero-order valence-electron chi connectivity index (χ0n) is 19.7. The van der Waals surface area contributed by atoms with Crippen molar-refractivity contribution in [1.82, 2.24) is 0 Å². The SMILES string of the molecule is C[C@]12CCC3c4ccc(OCc5ccccc5)cc4CCC3C1CC(C(=O)CCC(=O)O)C2=O. The van der Waals surface area contributed by atoms with Crippen LogP contribution >= 0.6 is 0 Å². The fourth-order valence-electron chi connectivity index (χ4n) is 6.89. The lowest BCUT2D eigenvalue weighted by atomic mass is 9.55. The van der Waals surface area contributed by atoms with Gasteiger partial charge in [0.1, 0.15) is 23.9 Å². The van der Waals surface area contributed by atoms with E-state index >= 15 is 0 Å². The van der Waals surface area contributed by atoms with Crippen LogP contribution in [0.4, 0.5) is 0 Å². The first-order valence-electron chi connectivity index (χ1n) is 12.4. The number of carbonyl (C=O) groups is 3. The largest absolute Gasteiger partial charge is 0.489 e. The molecule has 4 unspecified atom stereocenters. The number of hydrogen-bond acceptors (Lipinski definition) is 4. The van der Waals surface area contributed by atoms with E-state index in [1.165, 1.54) is 11.1 Å². The number of aryl methyl sites for hydroxylation is 1. The Kier molecular flexibility index (Phi) is 6.05. The normalized spacial score (nSPS) is 29.6. The number of aliphatic carboxylic acids is 1. The molecule has 178 valence electrons. The third-order valence-electron chi connectivity index (χ3n) is 8.68. The van der Waals surface area contributed by atoms with Gasteiger partial charge < -0.3 is 9.84 Å². The van der Waals surface area contributed by atoms with E-state index in [0.29, 0.717) is 24.9 Å². The van der Waals surface area contributed by atoms with Gasteiger partial charge in [-0.15, -0.1) is 0 Å². The van der Waals surface area contributed by atoms with Crippen molar-refractivity contribution < 1.29 is 24.2 Å². The molecule has 3 aliphatic rings. The van der Waals surface area contributed by atoms with Crippen LogP contribution in [0.3, 0.4) is 0 Å². The van der Waals surface area contributed by atoms with Crippen LogP contribution in [-0.2, 0) is 27.4 Å². The highest BCUT2D eigenvalue weighted by atomic mass is 16.5. The maximum Gasteiger partial charge on any atom is 0.303 e. The molecule has 2 saturated carbocycles. The van der Waals surface area contributed by atoms with Gasteiger partial charge in [-0.1, -0.05) is 43.3 Å². The Labute approximate surface area is 200 Å². The maximum absolute atomic E-state index is 13.3. The number of ketones is 2. The standard InChI is InChI=1S/C29H32O5/c1-29-14-13-22-21-10-8-20(34-17-18-5-3-2-4-6-18)15-19(21)7-9-23(22)25(29)16-24(28(29)33)26(30)11-12-27(31)32/h2-6,8,10,15,22-25H,7,9,11-14,16-17H2,1H3,(H,31,32)/t22?,23?,24?,25?,29-/m0/s1. The lowest BCUT2D eigenvalue weighted by Crippen LogP contribution is -2.42. The van der Waals surface area contributed by atoms with Crippen molar-refractivity contribution in [2.24, 2.45) is 23.2 Å². The summed E-state index contributed by atoms with van der Waals surface area (Å²) < 4.78 is 6.05. The Hall–Kier alpha value is -2.95. The summed E-state index contributed by atoms with van der Waals surface area (Å²) in [7, 11) is 0. The van der Waals surface area contributed by atoms with Crippen molar-refractivity contribution in [2.75, 3.05) is 0 Å². The monoisotopic (exact) mass is 460 g/mol. The average Bonchev–Trinajstić information content (AvgIpc) is 3.12. The topological polar surface area (TPSA) is 80.7 Å². The molecule has 0 heterocycles. The van der Waals surface area contributed by atoms with E-state index in [0.717, 1.165) is 37.0 Å². The van der Waals surface area contributed by atoms with Gasteiger partial charge in [0.15, 0.2) is 0 Å². The van der Waals surface area contributed by atoms with Crippen molar-refractivity contribution in [2.45, 2.75) is 64.4 Å². The van der Waals surface area contributed by atoms with E-state index < -0.39 is 17.3 Å². The Balaban J connectivity index is 1.31. The van der Waals surface area contributed by atoms with Crippen LogP contribution in [0, 0.1) is 23.2 Å². The summed E-state index contributed by atoms with van der Waals surface area (Å²) in [6, 6.07) is 16.6. The van der Waals surface area contributed by atoms with E-state index in [1.54, 1.807) is 0 Å². The predicted molar refractivity (Wildman–Crippen MR) is 128 cm³/mol. The average molecular weight is 461 g/mol. The number of hydrogen-bond donors (Lipinski definition) is 1. The highest BCUT2D eigenvalue weighted by Gasteiger charge is 2.59. The molecule has 34 heavy (non-hydrogen) atoms. The zero-order valence-corrected chi connectivity index (χ0v) is 19.7. The number of benzene rings is 2. The van der Waals surface area contributed by atoms with Gasteiger partial charge in [0.05, 0.1) is 12.3 Å². The fraction of sp³-hybridized carbons (Fsp3) is 0.483. The molecule has 0 aromatic heterocycles. The van der Waals surface area contributed by atoms with Crippen molar-refractivity contribution in [3.05, 3.63) is 65.2 Å². The highest BCUT2D eigenvalue weighted by Crippen LogP contribution is 2.61. The Morgan fingerprint density at radius 3 is 2.65 bits per heavy atom. The van der Waals surface area contributed by atoms with Gasteiger partial charge in [-0.05, 0) is 78.7 Å². The molecule has 0 saturated heterocycles. The molecule has 3 aliphatic carbocycles. The van der Waals surface area contributed by atoms with E-state index in [1.807, 2.05) is 18.2 Å². The Morgan fingerprint density at radius 2 is 1.88 bits per heavy atom. The van der Waals surface area contributed by atoms with E-state index in [2.05, 4.69) is 37.3 Å². The number of rotatable bonds is 7. The van der Waals surface area contributed by atoms with Crippen molar-refractivity contribution in [1.29, 1.82) is 0 Å². The van der Waals surface area contributed by atoms with Crippen LogP contribution in [0.5, 0.6) is 5.75 Å². The molecule has 5 nitrogen and oxygen atoms in total. The van der Waals surface area contributed by atoms with E-state index in [-0.39, 0.29) is 30.3 Å². The molecule has 5 heteroatoms. The highest BCUT2D eigenvalue weighted by molar-refractivity contribution is 6.07. The van der Waals surface area contributed by atoms with Gasteiger partial charge in [0, 0.05) is 11.8 Å². The first-order valence-corrected chi connectivity index (χ1v) is 12.4. The summed E-state index contributed by atoms with van der Waals surface area (Å²) in [5.41, 5.74) is 3.40. The van der Waals surface area contributed by atoms with E-state index in [4.69, 9.17) is 9.84 Å². The first kappa shape index (κ1) is 22.8. The third-order valence-corrected chi connectivity index (χ3v) is 8.68. The van der Waals surface area contributed by atoms with Crippen molar-refractivity contribution >= 4 is 17.5 Å². The molecule has 0 bridgehead atoms. The van der Waals surface area contributed by atoms with Gasteiger partial charge in [0.2, 0.25) is 0 Å². The predicted octanol–water partition coefficient (Wildman–Crippen LogP) is 5.35. The third kappa shape index (κ3) is 4.06. The minimum absolute atomic E-state index is 0.0444. The minimum atomic E-state index is -0.988. The van der Waals surface area contributed by atoms with Gasteiger partial charge in [-0.25, -0.2) is 0 Å². The molecule has 5 rings (SSSR count). The number of Topliss-reactive ketones (excluding diaryl/α,β-unsaturated/α-hetero) is 2. The van der Waals surface area contributed by atoms with E-state index in [9.17, 15) is 14.4 Å². The van der Waals surface area contributed by atoms with Crippen LogP contribution in [0.2, 0.25) is 0 Å². The molecule has 0 spiro atoms. The number of carboxylic acids is 1. The molecular formula is C29H32O5. The molecule has 5 atom stereocenters. The number of fused-ring (bicyclic) bond motifs is 5. The Bertz CT molecular complexity index is 1110. The number of carbonyl (C=O) groups excluding carboxylic acids is 2. The number of ether oxygens (including phenoxy) is 1. The summed E-state index contributed by atoms with van der Waals surface area (Å²) in [6.07, 6.45) is 4.07. The number of carboxylic acid groups (broad SMARTS) is 1. The second-order valence-corrected chi connectivity index (χ2v) is 10.5. The van der Waals surface area contributed by atoms with Gasteiger partial charge in [0.25, 0.3) is 0 Å². The molecule has 2 aromatic rings. The van der Waals surface area contributed by atoms with Crippen LogP contribution < -0.4 is 4.74 Å². The maximum atomic E-state index is 13.3. The van der Waals surface area contributed by atoms with Crippen LogP contribution in [0.25, 0.3) is 0 Å². The summed E-state index contributed by atoms with van der Waals surface area (Å²) in [5.74, 6) is 0.148. The molecule has 0 aliphatic heterocycles. The molecule has 2 aromatic carbocycles. The minimum Gasteiger partial charge on any atom is -0.489 e. The second-order valence-electron chi connectivity index (χ2n) is 10.5. The summed E-state index contributed by atoms with van der Waals surface area (Å²) in [5, 5.41) is 8.94. The molecule has 2 fully saturated rings. The van der Waals surface area contributed by atoms with Crippen molar-refractivity contribution in [3.8, 4) is 5.75 Å². The Morgan fingerprint density at radius 1 is 1.09 bits per heavy atom. The molecule has 0 radical (unpaired) electrons. The van der Waals surface area contributed by atoms with Gasteiger partial charge >= 0.3 is 5.97 Å². The van der Waals surface area contributed by atoms with Crippen LogP contribution in [0.15, 0.2) is 48.5 Å². The molecular weight excluding hydrogens is 428 g/mol. The summed E-state index contributed by atoms with van der Waals surface area (Å²) in [6.45, 7) is 2.60. The lowest BCUT2D eigenvalue weighted by molar-refractivity contribution is -0.141. The fourth-order valence-corrected chi connectivity index (χ4v) is 6.89. The quantitative estimate of drug-likeness (QED) is 0.563. The summed E-state index contributed by atoms with van der Waals surface area (Å²) in [4.78, 5) is 36.9.